The number of ether oxygens (including phenoxy) is 1. The van der Waals surface area contributed by atoms with Gasteiger partial charge in [-0.25, -0.2) is 4.21 Å². The summed E-state index contributed by atoms with van der Waals surface area (Å²) in [6.45, 7) is 5.71. The van der Waals surface area contributed by atoms with Gasteiger partial charge in [0.05, 0.1) is 12.0 Å². The van der Waals surface area contributed by atoms with Crippen molar-refractivity contribution in [3.63, 3.8) is 0 Å². The van der Waals surface area contributed by atoms with E-state index in [1.165, 1.54) is 0 Å². The second-order valence-corrected chi connectivity index (χ2v) is 4.89. The fraction of sp³-hybridized carbons (Fsp3) is 0.400. The molecule has 4 heteroatoms. The molecule has 0 heterocycles. The maximum atomic E-state index is 11.3. The molecule has 0 N–H and O–H groups in total. The predicted molar refractivity (Wildman–Crippen MR) is 59.5 cm³/mol. The van der Waals surface area contributed by atoms with Crippen LogP contribution in [0.2, 0.25) is 0 Å². The van der Waals surface area contributed by atoms with Gasteiger partial charge < -0.3 is 4.74 Å². The van der Waals surface area contributed by atoms with E-state index in [-0.39, 0.29) is 0 Å². The lowest BCUT2D eigenvalue weighted by Crippen LogP contribution is -1.98. The Hall–Kier alpha value is -0.540. The van der Waals surface area contributed by atoms with E-state index in [1.807, 2.05) is 26.8 Å². The van der Waals surface area contributed by atoms with Crippen LogP contribution in [0.1, 0.15) is 16.7 Å². The molecule has 0 aromatic heterocycles. The molecule has 1 unspecified atom stereocenters. The normalized spacial score (nSPS) is 12.6. The van der Waals surface area contributed by atoms with Crippen molar-refractivity contribution < 1.29 is 8.95 Å². The van der Waals surface area contributed by atoms with Gasteiger partial charge in [0.1, 0.15) is 15.8 Å². The third-order valence-corrected chi connectivity index (χ3v) is 3.77. The highest BCUT2D eigenvalue weighted by molar-refractivity contribution is 8.08. The predicted octanol–water partition coefficient (Wildman–Crippen LogP) is 2.88. The van der Waals surface area contributed by atoms with E-state index < -0.39 is 10.0 Å². The maximum Gasteiger partial charge on any atom is 0.148 e. The third kappa shape index (κ3) is 1.93. The fourth-order valence-electron chi connectivity index (χ4n) is 1.48. The van der Waals surface area contributed by atoms with Gasteiger partial charge in [-0.1, -0.05) is 0 Å². The summed E-state index contributed by atoms with van der Waals surface area (Å²) >= 11 is 0. The molecule has 1 rings (SSSR count). The number of halogens is 1. The van der Waals surface area contributed by atoms with E-state index in [0.29, 0.717) is 4.90 Å². The first-order valence-corrected chi connectivity index (χ1v) is 6.19. The van der Waals surface area contributed by atoms with Gasteiger partial charge in [0, 0.05) is 0 Å². The van der Waals surface area contributed by atoms with Crippen molar-refractivity contribution in [1.82, 2.24) is 0 Å². The van der Waals surface area contributed by atoms with Crippen molar-refractivity contribution in [3.05, 3.63) is 22.8 Å². The summed E-state index contributed by atoms with van der Waals surface area (Å²) in [7, 11) is 5.78. The van der Waals surface area contributed by atoms with Crippen LogP contribution in [0.3, 0.4) is 0 Å². The van der Waals surface area contributed by atoms with Crippen LogP contribution in [0.5, 0.6) is 5.75 Å². The Bertz CT molecular complexity index is 388. The summed E-state index contributed by atoms with van der Waals surface area (Å²) in [6.07, 6.45) is 0. The van der Waals surface area contributed by atoms with Crippen LogP contribution in [0, 0.1) is 20.8 Å². The molecule has 14 heavy (non-hydrogen) atoms. The third-order valence-electron chi connectivity index (χ3n) is 2.36. The van der Waals surface area contributed by atoms with Gasteiger partial charge in [0.25, 0.3) is 0 Å². The molecule has 0 saturated heterocycles. The monoisotopic (exact) mass is 232 g/mol. The molecule has 1 atom stereocenters. The van der Waals surface area contributed by atoms with Crippen molar-refractivity contribution in [2.24, 2.45) is 0 Å². The van der Waals surface area contributed by atoms with Gasteiger partial charge in [-0.15, -0.1) is 0 Å². The van der Waals surface area contributed by atoms with Crippen LogP contribution in [0.4, 0.5) is 0 Å². The van der Waals surface area contributed by atoms with E-state index >= 15 is 0 Å². The van der Waals surface area contributed by atoms with Crippen molar-refractivity contribution >= 4 is 20.7 Å². The standard InChI is InChI=1S/C10H13ClO2S/c1-6-5-9(13-4)7(2)8(3)10(6)14(11)12/h5H,1-4H3. The SMILES string of the molecule is COc1cc(C)c(S(=O)Cl)c(C)c1C. The largest absolute Gasteiger partial charge is 0.496 e. The highest BCUT2D eigenvalue weighted by Crippen LogP contribution is 2.30. The second-order valence-electron chi connectivity index (χ2n) is 3.20. The molecule has 0 amide bonds. The average Bonchev–Trinajstić information content (AvgIpc) is 2.10. The zero-order valence-electron chi connectivity index (χ0n) is 8.68. The zero-order valence-corrected chi connectivity index (χ0v) is 10.3. The number of hydrogen-bond acceptors (Lipinski definition) is 2. The van der Waals surface area contributed by atoms with Crippen LogP contribution >= 0.6 is 10.7 Å². The van der Waals surface area contributed by atoms with E-state index in [4.69, 9.17) is 15.4 Å². The number of methoxy groups -OCH3 is 1. The Morgan fingerprint density at radius 3 is 2.29 bits per heavy atom. The number of benzene rings is 1. The molecule has 0 aliphatic carbocycles. The van der Waals surface area contributed by atoms with Gasteiger partial charge >= 0.3 is 0 Å². The van der Waals surface area contributed by atoms with Gasteiger partial charge in [-0.3, -0.25) is 0 Å². The van der Waals surface area contributed by atoms with Crippen LogP contribution in [-0.2, 0) is 10.0 Å². The number of rotatable bonds is 2. The summed E-state index contributed by atoms with van der Waals surface area (Å²) in [4.78, 5) is 0.699. The van der Waals surface area contributed by atoms with Gasteiger partial charge in [-0.05, 0) is 54.2 Å². The number of aryl methyl sites for hydroxylation is 1. The minimum atomic E-state index is -1.46. The maximum absolute atomic E-state index is 11.3. The van der Waals surface area contributed by atoms with Crippen LogP contribution in [0.25, 0.3) is 0 Å². The Labute approximate surface area is 91.2 Å². The van der Waals surface area contributed by atoms with Crippen molar-refractivity contribution in [3.8, 4) is 5.75 Å². The Balaban J connectivity index is 3.49. The van der Waals surface area contributed by atoms with E-state index in [1.54, 1.807) is 7.11 Å². The summed E-state index contributed by atoms with van der Waals surface area (Å²) < 4.78 is 16.5. The van der Waals surface area contributed by atoms with Crippen molar-refractivity contribution in [2.75, 3.05) is 7.11 Å². The summed E-state index contributed by atoms with van der Waals surface area (Å²) in [5.41, 5.74) is 2.83. The van der Waals surface area contributed by atoms with Crippen LogP contribution in [-0.4, -0.2) is 11.3 Å². The molecule has 0 aliphatic heterocycles. The zero-order chi connectivity index (χ0) is 10.9. The van der Waals surface area contributed by atoms with E-state index in [2.05, 4.69) is 0 Å². The first-order valence-electron chi connectivity index (χ1n) is 4.21. The number of hydrogen-bond donors (Lipinski definition) is 0. The minimum absolute atomic E-state index is 0.699. The molecule has 0 bridgehead atoms. The first kappa shape index (κ1) is 11.5. The molecular weight excluding hydrogens is 220 g/mol. The highest BCUT2D eigenvalue weighted by Gasteiger charge is 2.14. The molecule has 0 saturated carbocycles. The molecule has 0 aliphatic rings. The van der Waals surface area contributed by atoms with Crippen LogP contribution in [0.15, 0.2) is 11.0 Å². The Morgan fingerprint density at radius 1 is 1.29 bits per heavy atom. The average molecular weight is 233 g/mol. The minimum Gasteiger partial charge on any atom is -0.496 e. The highest BCUT2D eigenvalue weighted by atomic mass is 35.7. The van der Waals surface area contributed by atoms with Gasteiger partial charge in [0.2, 0.25) is 0 Å². The lowest BCUT2D eigenvalue weighted by molar-refractivity contribution is 0.410. The summed E-state index contributed by atoms with van der Waals surface area (Å²) in [5, 5.41) is 0. The van der Waals surface area contributed by atoms with E-state index in [0.717, 1.165) is 22.4 Å². The molecule has 0 spiro atoms. The van der Waals surface area contributed by atoms with Gasteiger partial charge in [-0.2, -0.15) is 0 Å². The lowest BCUT2D eigenvalue weighted by Gasteiger charge is -2.13. The Kier molecular flexibility index (Phi) is 3.56. The van der Waals surface area contributed by atoms with Crippen molar-refractivity contribution in [1.29, 1.82) is 0 Å². The Morgan fingerprint density at radius 2 is 1.86 bits per heavy atom. The van der Waals surface area contributed by atoms with Crippen LogP contribution < -0.4 is 4.74 Å². The smallest absolute Gasteiger partial charge is 0.148 e. The molecule has 78 valence electrons. The summed E-state index contributed by atoms with van der Waals surface area (Å²) in [5.74, 6) is 0.811. The molecule has 1 aromatic carbocycles. The molecule has 0 fully saturated rings. The topological polar surface area (TPSA) is 26.3 Å². The lowest BCUT2D eigenvalue weighted by atomic mass is 10.1. The molecular formula is C10H13ClO2S. The quantitative estimate of drug-likeness (QED) is 0.733. The first-order chi connectivity index (χ1) is 6.49. The second kappa shape index (κ2) is 4.32. The molecule has 0 radical (unpaired) electrons. The molecule has 2 nitrogen and oxygen atoms in total. The van der Waals surface area contributed by atoms with Crippen molar-refractivity contribution in [2.45, 2.75) is 25.7 Å². The summed E-state index contributed by atoms with van der Waals surface area (Å²) in [6, 6.07) is 1.86. The fourth-order valence-corrected chi connectivity index (χ4v) is 2.90. The van der Waals surface area contributed by atoms with E-state index in [9.17, 15) is 4.21 Å². The molecule has 1 aromatic rings. The van der Waals surface area contributed by atoms with Gasteiger partial charge in [0.15, 0.2) is 0 Å².